The molecule has 0 bridgehead atoms. The number of anilines is 2. The Morgan fingerprint density at radius 3 is 2.18 bits per heavy atom. The molecule has 2 aromatic carbocycles. The molecule has 0 radical (unpaired) electrons. The lowest BCUT2D eigenvalue weighted by molar-refractivity contribution is 0.414. The van der Waals surface area contributed by atoms with Gasteiger partial charge in [-0.3, -0.25) is 4.72 Å². The molecule has 3 rings (SSSR count). The standard InChI is InChI=1S/C20H25N3O3S2/c1-26-18-11-7-17(8-12-18)23-28(24,25)19-13-9-16(10-14-19)22-20(27)21-15-5-3-2-4-6-15/h7-15,23H,2-6H2,1H3,(H2,21,22,27). The van der Waals surface area contributed by atoms with Crippen LogP contribution in [0.5, 0.6) is 5.75 Å². The average molecular weight is 420 g/mol. The van der Waals surface area contributed by atoms with Gasteiger partial charge >= 0.3 is 0 Å². The Balaban J connectivity index is 1.59. The van der Waals surface area contributed by atoms with Crippen molar-refractivity contribution in [1.82, 2.24) is 5.32 Å². The van der Waals surface area contributed by atoms with Crippen molar-refractivity contribution in [3.05, 3.63) is 48.5 Å². The topological polar surface area (TPSA) is 79.5 Å². The largest absolute Gasteiger partial charge is 0.497 e. The molecule has 0 saturated heterocycles. The van der Waals surface area contributed by atoms with Crippen LogP contribution in [0, 0.1) is 0 Å². The number of thiocarbonyl (C=S) groups is 1. The molecule has 0 amide bonds. The molecular weight excluding hydrogens is 394 g/mol. The molecule has 0 spiro atoms. The van der Waals surface area contributed by atoms with E-state index in [1.807, 2.05) is 0 Å². The monoisotopic (exact) mass is 419 g/mol. The van der Waals surface area contributed by atoms with Gasteiger partial charge in [-0.05, 0) is 73.6 Å². The van der Waals surface area contributed by atoms with Crippen molar-refractivity contribution in [2.24, 2.45) is 0 Å². The fourth-order valence-corrected chi connectivity index (χ4v) is 4.53. The van der Waals surface area contributed by atoms with Crippen molar-refractivity contribution < 1.29 is 13.2 Å². The van der Waals surface area contributed by atoms with Crippen molar-refractivity contribution in [1.29, 1.82) is 0 Å². The van der Waals surface area contributed by atoms with Crippen LogP contribution in [0.15, 0.2) is 53.4 Å². The zero-order valence-electron chi connectivity index (χ0n) is 15.8. The van der Waals surface area contributed by atoms with E-state index in [2.05, 4.69) is 15.4 Å². The lowest BCUT2D eigenvalue weighted by Gasteiger charge is -2.24. The predicted octanol–water partition coefficient (Wildman–Crippen LogP) is 4.12. The highest BCUT2D eigenvalue weighted by Crippen LogP contribution is 2.21. The molecule has 1 fully saturated rings. The van der Waals surface area contributed by atoms with Gasteiger partial charge in [-0.2, -0.15) is 0 Å². The first-order valence-electron chi connectivity index (χ1n) is 9.31. The number of ether oxygens (including phenoxy) is 1. The lowest BCUT2D eigenvalue weighted by atomic mass is 9.96. The van der Waals surface area contributed by atoms with Crippen molar-refractivity contribution in [3.63, 3.8) is 0 Å². The number of methoxy groups -OCH3 is 1. The molecule has 1 saturated carbocycles. The zero-order valence-corrected chi connectivity index (χ0v) is 17.4. The highest BCUT2D eigenvalue weighted by molar-refractivity contribution is 7.92. The van der Waals surface area contributed by atoms with Crippen LogP contribution in [-0.4, -0.2) is 26.7 Å². The van der Waals surface area contributed by atoms with Gasteiger partial charge in [-0.1, -0.05) is 19.3 Å². The number of nitrogens with one attached hydrogen (secondary N) is 3. The summed E-state index contributed by atoms with van der Waals surface area (Å²) >= 11 is 5.37. The Labute approximate surface area is 171 Å². The maximum Gasteiger partial charge on any atom is 0.261 e. The molecule has 0 atom stereocenters. The maximum atomic E-state index is 12.6. The van der Waals surface area contributed by atoms with Crippen molar-refractivity contribution in [2.45, 2.75) is 43.0 Å². The smallest absolute Gasteiger partial charge is 0.261 e. The Hall–Kier alpha value is -2.32. The molecule has 1 aliphatic rings. The molecular formula is C20H25N3O3S2. The lowest BCUT2D eigenvalue weighted by Crippen LogP contribution is -2.38. The van der Waals surface area contributed by atoms with E-state index >= 15 is 0 Å². The van der Waals surface area contributed by atoms with Gasteiger partial charge in [0, 0.05) is 17.4 Å². The number of rotatable bonds is 6. The van der Waals surface area contributed by atoms with Crippen molar-refractivity contribution >= 4 is 38.7 Å². The van der Waals surface area contributed by atoms with Crippen LogP contribution in [0.4, 0.5) is 11.4 Å². The molecule has 0 heterocycles. The van der Waals surface area contributed by atoms with E-state index in [0.717, 1.165) is 18.5 Å². The molecule has 28 heavy (non-hydrogen) atoms. The summed E-state index contributed by atoms with van der Waals surface area (Å²) < 4.78 is 32.7. The van der Waals surface area contributed by atoms with Crippen LogP contribution < -0.4 is 20.1 Å². The van der Waals surface area contributed by atoms with E-state index in [4.69, 9.17) is 17.0 Å². The summed E-state index contributed by atoms with van der Waals surface area (Å²) in [4.78, 5) is 0.181. The van der Waals surface area contributed by atoms with E-state index in [1.54, 1.807) is 55.6 Å². The van der Waals surface area contributed by atoms with Gasteiger partial charge in [0.15, 0.2) is 5.11 Å². The van der Waals surface area contributed by atoms with Crippen LogP contribution in [0.3, 0.4) is 0 Å². The predicted molar refractivity (Wildman–Crippen MR) is 116 cm³/mol. The van der Waals surface area contributed by atoms with Gasteiger partial charge in [0.1, 0.15) is 5.75 Å². The third kappa shape index (κ3) is 5.59. The summed E-state index contributed by atoms with van der Waals surface area (Å²) in [6, 6.07) is 13.6. The fraction of sp³-hybridized carbons (Fsp3) is 0.350. The first kappa shape index (κ1) is 20.4. The van der Waals surface area contributed by atoms with E-state index in [0.29, 0.717) is 22.6 Å². The van der Waals surface area contributed by atoms with Gasteiger partial charge in [-0.25, -0.2) is 8.42 Å². The third-order valence-corrected chi connectivity index (χ3v) is 6.32. The second-order valence-electron chi connectivity index (χ2n) is 6.79. The van der Waals surface area contributed by atoms with Crippen LogP contribution in [0.25, 0.3) is 0 Å². The molecule has 0 aliphatic heterocycles. The van der Waals surface area contributed by atoms with Crippen LogP contribution >= 0.6 is 12.2 Å². The normalized spacial score (nSPS) is 14.9. The molecule has 3 N–H and O–H groups in total. The Kier molecular flexibility index (Phi) is 6.74. The molecule has 0 unspecified atom stereocenters. The summed E-state index contributed by atoms with van der Waals surface area (Å²) in [6.45, 7) is 0. The van der Waals surface area contributed by atoms with Crippen LogP contribution in [0.1, 0.15) is 32.1 Å². The quantitative estimate of drug-likeness (QED) is 0.612. The Morgan fingerprint density at radius 2 is 1.57 bits per heavy atom. The number of sulfonamides is 1. The Bertz CT molecular complexity index is 891. The van der Waals surface area contributed by atoms with Crippen molar-refractivity contribution in [3.8, 4) is 5.75 Å². The summed E-state index contributed by atoms with van der Waals surface area (Å²) in [6.07, 6.45) is 6.02. The summed E-state index contributed by atoms with van der Waals surface area (Å²) in [5, 5.41) is 7.02. The van der Waals surface area contributed by atoms with Crippen molar-refractivity contribution in [2.75, 3.05) is 17.1 Å². The average Bonchev–Trinajstić information content (AvgIpc) is 2.69. The zero-order chi connectivity index (χ0) is 20.0. The molecule has 2 aromatic rings. The third-order valence-electron chi connectivity index (χ3n) is 4.71. The van der Waals surface area contributed by atoms with Gasteiger partial charge < -0.3 is 15.4 Å². The first-order chi connectivity index (χ1) is 13.5. The highest BCUT2D eigenvalue weighted by Gasteiger charge is 2.16. The summed E-state index contributed by atoms with van der Waals surface area (Å²) in [5.74, 6) is 0.663. The molecule has 0 aromatic heterocycles. The van der Waals surface area contributed by atoms with E-state index in [-0.39, 0.29) is 4.90 Å². The highest BCUT2D eigenvalue weighted by atomic mass is 32.2. The van der Waals surface area contributed by atoms with E-state index < -0.39 is 10.0 Å². The van der Waals surface area contributed by atoms with Gasteiger partial charge in [0.25, 0.3) is 10.0 Å². The summed E-state index contributed by atoms with van der Waals surface area (Å²) in [7, 11) is -2.11. The van der Waals surface area contributed by atoms with Gasteiger partial charge in [0.05, 0.1) is 12.0 Å². The second-order valence-corrected chi connectivity index (χ2v) is 8.88. The number of benzene rings is 2. The Morgan fingerprint density at radius 1 is 0.964 bits per heavy atom. The molecule has 1 aliphatic carbocycles. The van der Waals surface area contributed by atoms with E-state index in [9.17, 15) is 8.42 Å². The van der Waals surface area contributed by atoms with Crippen LogP contribution in [0.2, 0.25) is 0 Å². The minimum Gasteiger partial charge on any atom is -0.497 e. The fourth-order valence-electron chi connectivity index (χ4n) is 3.19. The van der Waals surface area contributed by atoms with E-state index in [1.165, 1.54) is 19.3 Å². The van der Waals surface area contributed by atoms with Gasteiger partial charge in [0.2, 0.25) is 0 Å². The SMILES string of the molecule is COc1ccc(NS(=O)(=O)c2ccc(NC(=S)NC3CCCCC3)cc2)cc1. The number of hydrogen-bond donors (Lipinski definition) is 3. The van der Waals surface area contributed by atoms with Gasteiger partial charge in [-0.15, -0.1) is 0 Å². The maximum absolute atomic E-state index is 12.6. The molecule has 6 nitrogen and oxygen atoms in total. The van der Waals surface area contributed by atoms with Crippen LogP contribution in [-0.2, 0) is 10.0 Å². The summed E-state index contributed by atoms with van der Waals surface area (Å²) in [5.41, 5.74) is 1.22. The minimum atomic E-state index is -3.67. The minimum absolute atomic E-state index is 0.181. The number of hydrogen-bond acceptors (Lipinski definition) is 4. The first-order valence-corrected chi connectivity index (χ1v) is 11.2. The molecule has 150 valence electrons. The molecule has 8 heteroatoms. The second kappa shape index (κ2) is 9.25.